The zero-order chi connectivity index (χ0) is 8.43. The molecule has 0 saturated carbocycles. The van der Waals surface area contributed by atoms with E-state index in [9.17, 15) is 14.0 Å². The Morgan fingerprint density at radius 1 is 1.64 bits per heavy atom. The standard InChI is InChI=1S/C6H4FNO3/c7-3-1-2-8-5(9)4(3)6(10)11/h1-2H,(H,8,9)(H,10,11). The summed E-state index contributed by atoms with van der Waals surface area (Å²) < 4.78 is 12.5. The summed E-state index contributed by atoms with van der Waals surface area (Å²) in [6, 6.07) is 0.880. The molecule has 0 spiro atoms. The monoisotopic (exact) mass is 157 g/mol. The smallest absolute Gasteiger partial charge is 0.344 e. The number of nitrogens with one attached hydrogen (secondary N) is 1. The van der Waals surface area contributed by atoms with E-state index in [1.54, 1.807) is 0 Å². The molecule has 0 fully saturated rings. The van der Waals surface area contributed by atoms with Gasteiger partial charge in [0.1, 0.15) is 5.82 Å². The van der Waals surface area contributed by atoms with Crippen molar-refractivity contribution in [1.82, 2.24) is 4.98 Å². The lowest BCUT2D eigenvalue weighted by molar-refractivity contribution is 0.0689. The quantitative estimate of drug-likeness (QED) is 0.612. The number of carbonyl (C=O) groups is 1. The molecule has 58 valence electrons. The number of H-pyrrole nitrogens is 1. The van der Waals surface area contributed by atoms with Crippen LogP contribution in [0, 0.1) is 5.82 Å². The van der Waals surface area contributed by atoms with Crippen LogP contribution in [0.2, 0.25) is 0 Å². The van der Waals surface area contributed by atoms with Gasteiger partial charge in [0.2, 0.25) is 0 Å². The third kappa shape index (κ3) is 1.26. The van der Waals surface area contributed by atoms with Gasteiger partial charge in [0.15, 0.2) is 5.56 Å². The van der Waals surface area contributed by atoms with Crippen LogP contribution in [0.4, 0.5) is 4.39 Å². The fourth-order valence-corrected chi connectivity index (χ4v) is 0.654. The molecule has 4 nitrogen and oxygen atoms in total. The van der Waals surface area contributed by atoms with Gasteiger partial charge in [-0.1, -0.05) is 0 Å². The first-order chi connectivity index (χ1) is 5.13. The number of carboxylic acids is 1. The topological polar surface area (TPSA) is 70.2 Å². The Morgan fingerprint density at radius 2 is 2.27 bits per heavy atom. The number of halogens is 1. The molecule has 0 bridgehead atoms. The van der Waals surface area contributed by atoms with E-state index < -0.39 is 22.9 Å². The molecule has 0 aliphatic carbocycles. The predicted molar refractivity (Wildman–Crippen MR) is 34.0 cm³/mol. The van der Waals surface area contributed by atoms with E-state index in [1.807, 2.05) is 4.98 Å². The molecule has 2 N–H and O–H groups in total. The van der Waals surface area contributed by atoms with Crippen LogP contribution in [0.25, 0.3) is 0 Å². The lowest BCUT2D eigenvalue weighted by Crippen LogP contribution is -2.18. The van der Waals surface area contributed by atoms with Gasteiger partial charge in [-0.3, -0.25) is 4.79 Å². The Kier molecular flexibility index (Phi) is 1.72. The number of carboxylic acid groups (broad SMARTS) is 1. The number of aromatic amines is 1. The molecule has 0 aliphatic rings. The summed E-state index contributed by atoms with van der Waals surface area (Å²) in [4.78, 5) is 22.8. The summed E-state index contributed by atoms with van der Waals surface area (Å²) >= 11 is 0. The molecule has 0 amide bonds. The van der Waals surface area contributed by atoms with E-state index in [0.717, 1.165) is 12.3 Å². The predicted octanol–water partition coefficient (Wildman–Crippen LogP) is 0.212. The summed E-state index contributed by atoms with van der Waals surface area (Å²) in [6.07, 6.45) is 1.05. The summed E-state index contributed by atoms with van der Waals surface area (Å²) in [7, 11) is 0. The van der Waals surface area contributed by atoms with E-state index in [-0.39, 0.29) is 0 Å². The lowest BCUT2D eigenvalue weighted by atomic mass is 10.3. The van der Waals surface area contributed by atoms with Crippen LogP contribution in [0.15, 0.2) is 17.1 Å². The van der Waals surface area contributed by atoms with Crippen molar-refractivity contribution in [3.63, 3.8) is 0 Å². The highest BCUT2D eigenvalue weighted by molar-refractivity contribution is 5.87. The van der Waals surface area contributed by atoms with Crippen molar-refractivity contribution in [2.24, 2.45) is 0 Å². The average Bonchev–Trinajstić information content (AvgIpc) is 1.85. The highest BCUT2D eigenvalue weighted by Crippen LogP contribution is 1.97. The summed E-state index contributed by atoms with van der Waals surface area (Å²) in [5.74, 6) is -2.59. The maximum atomic E-state index is 12.5. The molecule has 1 rings (SSSR count). The van der Waals surface area contributed by atoms with Crippen LogP contribution < -0.4 is 5.56 Å². The van der Waals surface area contributed by atoms with Gasteiger partial charge in [0, 0.05) is 6.20 Å². The van der Waals surface area contributed by atoms with Crippen LogP contribution in [-0.4, -0.2) is 16.1 Å². The van der Waals surface area contributed by atoms with Gasteiger partial charge in [-0.05, 0) is 6.07 Å². The van der Waals surface area contributed by atoms with Crippen LogP contribution in [0.3, 0.4) is 0 Å². The Hall–Kier alpha value is -1.65. The second-order valence-corrected chi connectivity index (χ2v) is 1.83. The maximum Gasteiger partial charge on any atom is 0.344 e. The largest absolute Gasteiger partial charge is 0.477 e. The first-order valence-electron chi connectivity index (χ1n) is 2.73. The van der Waals surface area contributed by atoms with Gasteiger partial charge in [-0.15, -0.1) is 0 Å². The fourth-order valence-electron chi connectivity index (χ4n) is 0.654. The van der Waals surface area contributed by atoms with Crippen LogP contribution in [0.5, 0.6) is 0 Å². The van der Waals surface area contributed by atoms with Crippen LogP contribution >= 0.6 is 0 Å². The van der Waals surface area contributed by atoms with E-state index in [2.05, 4.69) is 0 Å². The van der Waals surface area contributed by atoms with Crippen molar-refractivity contribution in [3.05, 3.63) is 34.0 Å². The molecular formula is C6H4FNO3. The molecule has 1 aromatic heterocycles. The van der Waals surface area contributed by atoms with Gasteiger partial charge in [0.25, 0.3) is 5.56 Å². The average molecular weight is 157 g/mol. The van der Waals surface area contributed by atoms with Crippen molar-refractivity contribution < 1.29 is 14.3 Å². The summed E-state index contributed by atoms with van der Waals surface area (Å²) in [5, 5.41) is 8.29. The lowest BCUT2D eigenvalue weighted by Gasteiger charge is -1.92. The molecule has 0 atom stereocenters. The minimum atomic E-state index is -1.57. The molecule has 0 saturated heterocycles. The summed E-state index contributed by atoms with van der Waals surface area (Å²) in [6.45, 7) is 0. The van der Waals surface area contributed by atoms with Crippen molar-refractivity contribution in [1.29, 1.82) is 0 Å². The number of pyridine rings is 1. The highest BCUT2D eigenvalue weighted by Gasteiger charge is 2.13. The third-order valence-corrected chi connectivity index (χ3v) is 1.12. The van der Waals surface area contributed by atoms with Crippen molar-refractivity contribution in [2.75, 3.05) is 0 Å². The molecule has 0 unspecified atom stereocenters. The van der Waals surface area contributed by atoms with E-state index in [4.69, 9.17) is 5.11 Å². The first-order valence-corrected chi connectivity index (χ1v) is 2.73. The van der Waals surface area contributed by atoms with Crippen molar-refractivity contribution in [2.45, 2.75) is 0 Å². The molecule has 1 heterocycles. The Bertz CT molecular complexity index is 344. The third-order valence-electron chi connectivity index (χ3n) is 1.12. The molecular weight excluding hydrogens is 153 g/mol. The van der Waals surface area contributed by atoms with Gasteiger partial charge >= 0.3 is 5.97 Å². The van der Waals surface area contributed by atoms with E-state index >= 15 is 0 Å². The first kappa shape index (κ1) is 7.46. The Labute approximate surface area is 60.3 Å². The summed E-state index contributed by atoms with van der Waals surface area (Å²) in [5.41, 5.74) is -1.79. The number of aromatic carboxylic acids is 1. The zero-order valence-corrected chi connectivity index (χ0v) is 5.30. The SMILES string of the molecule is O=C(O)c1c(F)cc[nH]c1=O. The second-order valence-electron chi connectivity index (χ2n) is 1.83. The second kappa shape index (κ2) is 2.53. The van der Waals surface area contributed by atoms with E-state index in [1.165, 1.54) is 0 Å². The van der Waals surface area contributed by atoms with Crippen molar-refractivity contribution in [3.8, 4) is 0 Å². The zero-order valence-electron chi connectivity index (χ0n) is 5.30. The fraction of sp³-hybridized carbons (Fsp3) is 0. The van der Waals surface area contributed by atoms with Gasteiger partial charge in [-0.25, -0.2) is 9.18 Å². The van der Waals surface area contributed by atoms with E-state index in [0.29, 0.717) is 0 Å². The number of hydrogen-bond donors (Lipinski definition) is 2. The van der Waals surface area contributed by atoms with Crippen LogP contribution in [0.1, 0.15) is 10.4 Å². The highest BCUT2D eigenvalue weighted by atomic mass is 19.1. The molecule has 0 radical (unpaired) electrons. The minimum absolute atomic E-state index is 0.854. The number of rotatable bonds is 1. The normalized spacial score (nSPS) is 9.55. The molecule has 1 aromatic rings. The Morgan fingerprint density at radius 3 is 2.64 bits per heavy atom. The Balaban J connectivity index is 3.45. The molecule has 11 heavy (non-hydrogen) atoms. The van der Waals surface area contributed by atoms with Crippen LogP contribution in [-0.2, 0) is 0 Å². The minimum Gasteiger partial charge on any atom is -0.477 e. The number of aromatic nitrogens is 1. The number of hydrogen-bond acceptors (Lipinski definition) is 2. The molecule has 0 aliphatic heterocycles. The molecule has 5 heteroatoms. The van der Waals surface area contributed by atoms with Gasteiger partial charge < -0.3 is 10.1 Å². The maximum absolute atomic E-state index is 12.5. The van der Waals surface area contributed by atoms with Gasteiger partial charge in [0.05, 0.1) is 0 Å². The molecule has 0 aromatic carbocycles. The van der Waals surface area contributed by atoms with Crippen molar-refractivity contribution >= 4 is 5.97 Å². The van der Waals surface area contributed by atoms with Gasteiger partial charge in [-0.2, -0.15) is 0 Å².